The SMILES string of the molecule is Cc1ccc(-c2ocnc2C(=O)NC2CCNCC2C)cc1.Cl.Cl. The number of aryl methyl sites for hydroxylation is 1. The average Bonchev–Trinajstić information content (AvgIpc) is 3.00. The van der Waals surface area contributed by atoms with Gasteiger partial charge >= 0.3 is 0 Å². The number of rotatable bonds is 3. The van der Waals surface area contributed by atoms with Crippen molar-refractivity contribution in [2.75, 3.05) is 13.1 Å². The van der Waals surface area contributed by atoms with E-state index >= 15 is 0 Å². The van der Waals surface area contributed by atoms with Crippen LogP contribution in [0.1, 0.15) is 29.4 Å². The van der Waals surface area contributed by atoms with Crippen molar-refractivity contribution in [1.82, 2.24) is 15.6 Å². The molecular weight excluding hydrogens is 349 g/mol. The molecule has 0 bridgehead atoms. The topological polar surface area (TPSA) is 67.2 Å². The van der Waals surface area contributed by atoms with Crippen LogP contribution in [-0.4, -0.2) is 30.0 Å². The number of hydrogen-bond donors (Lipinski definition) is 2. The summed E-state index contributed by atoms with van der Waals surface area (Å²) in [7, 11) is 0. The molecule has 2 unspecified atom stereocenters. The van der Waals surface area contributed by atoms with Gasteiger partial charge in [-0.15, -0.1) is 24.8 Å². The summed E-state index contributed by atoms with van der Waals surface area (Å²) >= 11 is 0. The van der Waals surface area contributed by atoms with Crippen LogP contribution >= 0.6 is 24.8 Å². The predicted molar refractivity (Wildman–Crippen MR) is 99.1 cm³/mol. The summed E-state index contributed by atoms with van der Waals surface area (Å²) in [6, 6.07) is 8.05. The van der Waals surface area contributed by atoms with Crippen LogP contribution in [0.15, 0.2) is 35.1 Å². The number of benzene rings is 1. The molecule has 0 spiro atoms. The van der Waals surface area contributed by atoms with Crippen LogP contribution in [0.2, 0.25) is 0 Å². The highest BCUT2D eigenvalue weighted by atomic mass is 35.5. The van der Waals surface area contributed by atoms with Crippen LogP contribution in [0.5, 0.6) is 0 Å². The van der Waals surface area contributed by atoms with Crippen LogP contribution < -0.4 is 10.6 Å². The number of oxazole rings is 1. The first-order chi connectivity index (χ1) is 10.6. The van der Waals surface area contributed by atoms with Gasteiger partial charge in [-0.05, 0) is 32.4 Å². The molecule has 1 fully saturated rings. The standard InChI is InChI=1S/C17H21N3O2.2ClH/c1-11-3-5-13(6-4-11)16-15(19-10-22-16)17(21)20-14-7-8-18-9-12(14)2;;/h3-6,10,12,14,18H,7-9H2,1-2H3,(H,20,21);2*1H. The maximum absolute atomic E-state index is 12.5. The highest BCUT2D eigenvalue weighted by Crippen LogP contribution is 2.24. The lowest BCUT2D eigenvalue weighted by molar-refractivity contribution is 0.0910. The van der Waals surface area contributed by atoms with Gasteiger partial charge in [0.2, 0.25) is 0 Å². The Morgan fingerprint density at radius 3 is 2.67 bits per heavy atom. The quantitative estimate of drug-likeness (QED) is 0.868. The maximum atomic E-state index is 12.5. The number of carbonyl (C=O) groups is 1. The largest absolute Gasteiger partial charge is 0.443 e. The summed E-state index contributed by atoms with van der Waals surface area (Å²) in [5.74, 6) is 0.773. The van der Waals surface area contributed by atoms with E-state index in [2.05, 4.69) is 22.5 Å². The molecule has 2 N–H and O–H groups in total. The molecule has 3 rings (SSSR count). The second kappa shape index (κ2) is 9.06. The first-order valence-corrected chi connectivity index (χ1v) is 7.67. The van der Waals surface area contributed by atoms with Gasteiger partial charge in [0.25, 0.3) is 5.91 Å². The molecule has 1 aliphatic heterocycles. The third-order valence-corrected chi connectivity index (χ3v) is 4.20. The van der Waals surface area contributed by atoms with Crippen molar-refractivity contribution in [3.05, 3.63) is 41.9 Å². The number of carbonyl (C=O) groups excluding carboxylic acids is 1. The number of nitrogens with one attached hydrogen (secondary N) is 2. The number of nitrogens with zero attached hydrogens (tertiary/aromatic N) is 1. The Morgan fingerprint density at radius 2 is 2.00 bits per heavy atom. The van der Waals surface area contributed by atoms with E-state index in [9.17, 15) is 4.79 Å². The van der Waals surface area contributed by atoms with Gasteiger partial charge in [-0.1, -0.05) is 36.8 Å². The summed E-state index contributed by atoms with van der Waals surface area (Å²) in [5.41, 5.74) is 2.39. The lowest BCUT2D eigenvalue weighted by Crippen LogP contribution is -2.48. The van der Waals surface area contributed by atoms with Crippen molar-refractivity contribution in [2.24, 2.45) is 5.92 Å². The minimum atomic E-state index is -0.164. The average molecular weight is 372 g/mol. The number of aromatic nitrogens is 1. The number of halogens is 2. The monoisotopic (exact) mass is 371 g/mol. The molecule has 1 amide bonds. The molecule has 132 valence electrons. The van der Waals surface area contributed by atoms with Crippen molar-refractivity contribution in [2.45, 2.75) is 26.3 Å². The Bertz CT molecular complexity index is 658. The fraction of sp³-hybridized carbons (Fsp3) is 0.412. The fourth-order valence-corrected chi connectivity index (χ4v) is 2.78. The van der Waals surface area contributed by atoms with Crippen molar-refractivity contribution in [3.8, 4) is 11.3 Å². The van der Waals surface area contributed by atoms with Gasteiger partial charge in [0.1, 0.15) is 0 Å². The molecule has 24 heavy (non-hydrogen) atoms. The van der Waals surface area contributed by atoms with Crippen LogP contribution in [0, 0.1) is 12.8 Å². The molecule has 0 aliphatic carbocycles. The first-order valence-electron chi connectivity index (χ1n) is 7.67. The van der Waals surface area contributed by atoms with E-state index in [4.69, 9.17) is 4.42 Å². The summed E-state index contributed by atoms with van der Waals surface area (Å²) in [4.78, 5) is 16.6. The van der Waals surface area contributed by atoms with Gasteiger partial charge in [0.05, 0.1) is 0 Å². The van der Waals surface area contributed by atoms with Crippen molar-refractivity contribution < 1.29 is 9.21 Å². The van der Waals surface area contributed by atoms with Crippen molar-refractivity contribution in [3.63, 3.8) is 0 Å². The third kappa shape index (κ3) is 4.50. The Labute approximate surface area is 154 Å². The molecule has 1 aromatic heterocycles. The summed E-state index contributed by atoms with van der Waals surface area (Å²) in [5, 5.41) is 6.42. The molecule has 0 radical (unpaired) electrons. The van der Waals surface area contributed by atoms with Crippen LogP contribution in [0.3, 0.4) is 0 Å². The van der Waals surface area contributed by atoms with Gasteiger partial charge in [0.15, 0.2) is 17.8 Å². The second-order valence-electron chi connectivity index (χ2n) is 5.95. The van der Waals surface area contributed by atoms with Crippen LogP contribution in [-0.2, 0) is 0 Å². The third-order valence-electron chi connectivity index (χ3n) is 4.20. The van der Waals surface area contributed by atoms with Gasteiger partial charge in [-0.3, -0.25) is 4.79 Å². The zero-order valence-electron chi connectivity index (χ0n) is 13.7. The van der Waals surface area contributed by atoms with Gasteiger partial charge in [-0.25, -0.2) is 4.98 Å². The van der Waals surface area contributed by atoms with Crippen molar-refractivity contribution in [1.29, 1.82) is 0 Å². The minimum absolute atomic E-state index is 0. The molecular formula is C17H23Cl2N3O2. The lowest BCUT2D eigenvalue weighted by atomic mass is 9.95. The van der Waals surface area contributed by atoms with Crippen LogP contribution in [0.4, 0.5) is 0 Å². The fourth-order valence-electron chi connectivity index (χ4n) is 2.78. The molecule has 7 heteroatoms. The molecule has 1 aliphatic rings. The number of hydrogen-bond acceptors (Lipinski definition) is 4. The molecule has 0 saturated carbocycles. The van der Waals surface area contributed by atoms with E-state index in [-0.39, 0.29) is 36.8 Å². The Kier molecular flexibility index (Phi) is 7.73. The normalized spacial score (nSPS) is 19.8. The van der Waals surface area contributed by atoms with Gasteiger partial charge in [0, 0.05) is 11.6 Å². The van der Waals surface area contributed by atoms with E-state index in [1.807, 2.05) is 31.2 Å². The molecule has 2 atom stereocenters. The lowest BCUT2D eigenvalue weighted by Gasteiger charge is -2.30. The van der Waals surface area contributed by atoms with E-state index in [0.717, 1.165) is 30.6 Å². The molecule has 2 aromatic rings. The Morgan fingerprint density at radius 1 is 1.29 bits per heavy atom. The van der Waals surface area contributed by atoms with E-state index in [1.54, 1.807) is 0 Å². The molecule has 5 nitrogen and oxygen atoms in total. The Balaban J connectivity index is 0.00000144. The molecule has 1 saturated heterocycles. The van der Waals surface area contributed by atoms with E-state index in [0.29, 0.717) is 17.4 Å². The maximum Gasteiger partial charge on any atom is 0.274 e. The minimum Gasteiger partial charge on any atom is -0.443 e. The van der Waals surface area contributed by atoms with E-state index < -0.39 is 0 Å². The van der Waals surface area contributed by atoms with Crippen LogP contribution in [0.25, 0.3) is 11.3 Å². The predicted octanol–water partition coefficient (Wildman–Crippen LogP) is 3.22. The summed E-state index contributed by atoms with van der Waals surface area (Å²) < 4.78 is 5.44. The highest BCUT2D eigenvalue weighted by Gasteiger charge is 2.26. The number of piperidine rings is 1. The highest BCUT2D eigenvalue weighted by molar-refractivity contribution is 5.97. The smallest absolute Gasteiger partial charge is 0.274 e. The molecule has 1 aromatic carbocycles. The zero-order chi connectivity index (χ0) is 15.5. The van der Waals surface area contributed by atoms with Gasteiger partial charge < -0.3 is 15.1 Å². The summed E-state index contributed by atoms with van der Waals surface area (Å²) in [6.45, 7) is 6.02. The van der Waals surface area contributed by atoms with Crippen molar-refractivity contribution >= 4 is 30.7 Å². The van der Waals surface area contributed by atoms with E-state index in [1.165, 1.54) is 6.39 Å². The van der Waals surface area contributed by atoms with Gasteiger partial charge in [-0.2, -0.15) is 0 Å². The number of amides is 1. The Hall–Kier alpha value is -1.56. The first kappa shape index (κ1) is 20.5. The zero-order valence-corrected chi connectivity index (χ0v) is 15.4. The second-order valence-corrected chi connectivity index (χ2v) is 5.95. The molecule has 2 heterocycles. The summed E-state index contributed by atoms with van der Waals surface area (Å²) in [6.07, 6.45) is 2.26.